The molecule has 5 heteroatoms. The number of unbranched alkanes of at least 4 members (excludes halogenated alkanes) is 5. The zero-order valence-electron chi connectivity index (χ0n) is 21.9. The highest BCUT2D eigenvalue weighted by molar-refractivity contribution is 6.75. The smallest absolute Gasteiger partial charge is 0.309 e. The highest BCUT2D eigenvalue weighted by Crippen LogP contribution is 2.38. The maximum absolute atomic E-state index is 13.2. The highest BCUT2D eigenvalue weighted by atomic mass is 28.4. The van der Waals surface area contributed by atoms with Gasteiger partial charge in [-0.05, 0) is 44.3 Å². The van der Waals surface area contributed by atoms with E-state index in [1.54, 1.807) is 0 Å². The first-order valence-corrected chi connectivity index (χ1v) is 15.4. The molecular weight excluding hydrogens is 404 g/mol. The van der Waals surface area contributed by atoms with E-state index in [9.17, 15) is 9.59 Å². The summed E-state index contributed by atoms with van der Waals surface area (Å²) in [6, 6.07) is 0. The van der Waals surface area contributed by atoms with Gasteiger partial charge in [0.05, 0.1) is 18.4 Å². The lowest BCUT2D eigenvalue weighted by Gasteiger charge is -2.37. The van der Waals surface area contributed by atoms with Crippen LogP contribution in [0, 0.1) is 17.8 Å². The Labute approximate surface area is 193 Å². The number of allylic oxidation sites excluding steroid dienone is 2. The van der Waals surface area contributed by atoms with Gasteiger partial charge in [-0.2, -0.15) is 0 Å². The van der Waals surface area contributed by atoms with Gasteiger partial charge in [-0.1, -0.05) is 85.8 Å². The number of rotatable bonds is 15. The summed E-state index contributed by atoms with van der Waals surface area (Å²) in [5.74, 6) is -1.26. The fourth-order valence-corrected chi connectivity index (χ4v) is 4.40. The van der Waals surface area contributed by atoms with E-state index in [0.717, 1.165) is 38.5 Å². The zero-order chi connectivity index (χ0) is 24.1. The van der Waals surface area contributed by atoms with Crippen LogP contribution in [0.25, 0.3) is 0 Å². The predicted octanol–water partition coefficient (Wildman–Crippen LogP) is 7.68. The zero-order valence-corrected chi connectivity index (χ0v) is 22.9. The Balaban J connectivity index is 5.73. The fraction of sp³-hybridized carbons (Fsp3) is 0.846. The topological polar surface area (TPSA) is 52.6 Å². The third-order valence-electron chi connectivity index (χ3n) is 6.62. The van der Waals surface area contributed by atoms with Crippen LogP contribution in [0.2, 0.25) is 18.1 Å². The van der Waals surface area contributed by atoms with Crippen molar-refractivity contribution in [3.8, 4) is 0 Å². The van der Waals surface area contributed by atoms with Gasteiger partial charge in [-0.3, -0.25) is 9.59 Å². The average molecular weight is 455 g/mol. The summed E-state index contributed by atoms with van der Waals surface area (Å²) < 4.78 is 11.5. The second-order valence-corrected chi connectivity index (χ2v) is 15.1. The Morgan fingerprint density at radius 3 is 2.03 bits per heavy atom. The van der Waals surface area contributed by atoms with E-state index in [1.165, 1.54) is 12.8 Å². The van der Waals surface area contributed by atoms with Crippen LogP contribution >= 0.6 is 0 Å². The van der Waals surface area contributed by atoms with Crippen LogP contribution < -0.4 is 0 Å². The van der Waals surface area contributed by atoms with Gasteiger partial charge in [0.2, 0.25) is 0 Å². The lowest BCUT2D eigenvalue weighted by atomic mass is 9.79. The van der Waals surface area contributed by atoms with Crippen molar-refractivity contribution in [1.82, 2.24) is 0 Å². The summed E-state index contributed by atoms with van der Waals surface area (Å²) in [6.07, 6.45) is 12.6. The predicted molar refractivity (Wildman–Crippen MR) is 133 cm³/mol. The summed E-state index contributed by atoms with van der Waals surface area (Å²) in [7, 11) is -2.22. The Morgan fingerprint density at radius 1 is 0.935 bits per heavy atom. The molecule has 0 N–H and O–H groups in total. The normalized spacial score (nSPS) is 15.5. The molecule has 0 rings (SSSR count). The fourth-order valence-electron chi connectivity index (χ4n) is 3.40. The van der Waals surface area contributed by atoms with Crippen LogP contribution in [0.15, 0.2) is 12.2 Å². The Kier molecular flexibility index (Phi) is 14.3. The summed E-state index contributed by atoms with van der Waals surface area (Å²) >= 11 is 0. The van der Waals surface area contributed by atoms with E-state index in [2.05, 4.69) is 59.9 Å². The van der Waals surface area contributed by atoms with Crippen LogP contribution in [0.1, 0.15) is 99.8 Å². The van der Waals surface area contributed by atoms with E-state index in [1.807, 2.05) is 13.8 Å². The van der Waals surface area contributed by atoms with Crippen LogP contribution in [0.5, 0.6) is 0 Å². The molecule has 0 saturated carbocycles. The van der Waals surface area contributed by atoms with Crippen LogP contribution in [-0.4, -0.2) is 26.9 Å². The van der Waals surface area contributed by atoms with Gasteiger partial charge < -0.3 is 9.16 Å². The first-order chi connectivity index (χ1) is 14.4. The van der Waals surface area contributed by atoms with Crippen molar-refractivity contribution >= 4 is 20.3 Å². The van der Waals surface area contributed by atoms with Crippen molar-refractivity contribution in [1.29, 1.82) is 0 Å². The van der Waals surface area contributed by atoms with Crippen molar-refractivity contribution in [2.45, 2.75) is 118 Å². The van der Waals surface area contributed by atoms with E-state index < -0.39 is 8.32 Å². The molecule has 0 aliphatic carbocycles. The SMILES string of the molecule is CCCCC/C=C/[C@@H]([C@H](C)C(=O)O[Si](C)(C)C(C)(C)C)[C@H](CCCCC)C(=O)OCC. The molecule has 182 valence electrons. The van der Waals surface area contributed by atoms with Crippen LogP contribution in [0.4, 0.5) is 0 Å². The van der Waals surface area contributed by atoms with E-state index in [0.29, 0.717) is 6.61 Å². The molecule has 0 spiro atoms. The Bertz CT molecular complexity index is 548. The van der Waals surface area contributed by atoms with Gasteiger partial charge in [0, 0.05) is 5.92 Å². The second-order valence-electron chi connectivity index (χ2n) is 10.3. The van der Waals surface area contributed by atoms with Crippen molar-refractivity contribution in [2.75, 3.05) is 6.61 Å². The lowest BCUT2D eigenvalue weighted by molar-refractivity contribution is -0.152. The number of hydrogen-bond donors (Lipinski definition) is 0. The van der Waals surface area contributed by atoms with Crippen molar-refractivity contribution in [3.63, 3.8) is 0 Å². The Morgan fingerprint density at radius 2 is 1.52 bits per heavy atom. The first-order valence-electron chi connectivity index (χ1n) is 12.5. The molecule has 0 aliphatic rings. The minimum Gasteiger partial charge on any atom is -0.519 e. The van der Waals surface area contributed by atoms with Gasteiger partial charge in [-0.25, -0.2) is 0 Å². The molecule has 0 amide bonds. The number of carbonyl (C=O) groups is 2. The molecule has 0 aromatic heterocycles. The average Bonchev–Trinajstić information content (AvgIpc) is 2.67. The number of carbonyl (C=O) groups excluding carboxylic acids is 2. The van der Waals surface area contributed by atoms with Crippen molar-refractivity contribution < 1.29 is 18.8 Å². The summed E-state index contributed by atoms with van der Waals surface area (Å²) in [5.41, 5.74) is 0. The lowest BCUT2D eigenvalue weighted by Crippen LogP contribution is -2.45. The first kappa shape index (κ1) is 29.9. The molecule has 31 heavy (non-hydrogen) atoms. The molecule has 3 atom stereocenters. The summed E-state index contributed by atoms with van der Waals surface area (Å²) in [6.45, 7) is 19.1. The number of ether oxygens (including phenoxy) is 1. The largest absolute Gasteiger partial charge is 0.519 e. The van der Waals surface area contributed by atoms with E-state index >= 15 is 0 Å². The Hall–Kier alpha value is -1.10. The third-order valence-corrected chi connectivity index (χ3v) is 10.9. The molecule has 0 heterocycles. The minimum atomic E-state index is -2.22. The molecule has 0 aliphatic heterocycles. The van der Waals surface area contributed by atoms with E-state index in [4.69, 9.17) is 9.16 Å². The van der Waals surface area contributed by atoms with E-state index in [-0.39, 0.29) is 34.7 Å². The number of hydrogen-bond acceptors (Lipinski definition) is 4. The maximum Gasteiger partial charge on any atom is 0.309 e. The molecule has 0 radical (unpaired) electrons. The summed E-state index contributed by atoms with van der Waals surface area (Å²) in [5, 5.41) is -0.0461. The molecule has 0 aromatic rings. The third kappa shape index (κ3) is 10.8. The molecule has 0 fully saturated rings. The monoisotopic (exact) mass is 454 g/mol. The minimum absolute atomic E-state index is 0.0461. The van der Waals surface area contributed by atoms with Gasteiger partial charge >= 0.3 is 5.97 Å². The van der Waals surface area contributed by atoms with Crippen LogP contribution in [0.3, 0.4) is 0 Å². The molecule has 0 aromatic carbocycles. The molecule has 4 nitrogen and oxygen atoms in total. The summed E-state index contributed by atoms with van der Waals surface area (Å²) in [4.78, 5) is 26.1. The molecular formula is C26H50O4Si. The van der Waals surface area contributed by atoms with Gasteiger partial charge in [0.1, 0.15) is 0 Å². The molecule has 0 saturated heterocycles. The maximum atomic E-state index is 13.2. The van der Waals surface area contributed by atoms with Gasteiger partial charge in [-0.15, -0.1) is 0 Å². The van der Waals surface area contributed by atoms with Crippen molar-refractivity contribution in [2.24, 2.45) is 17.8 Å². The highest BCUT2D eigenvalue weighted by Gasteiger charge is 2.43. The molecule has 0 unspecified atom stereocenters. The quantitative estimate of drug-likeness (QED) is 0.110. The van der Waals surface area contributed by atoms with Gasteiger partial charge in [0.15, 0.2) is 0 Å². The van der Waals surface area contributed by atoms with Crippen molar-refractivity contribution in [3.05, 3.63) is 12.2 Å². The van der Waals surface area contributed by atoms with Gasteiger partial charge in [0.25, 0.3) is 14.3 Å². The second kappa shape index (κ2) is 14.9. The molecule has 0 bridgehead atoms. The number of esters is 1. The standard InChI is InChI=1S/C26H50O4Si/c1-10-13-15-16-18-19-22(23(20-17-14-11-2)25(28)29-12-3)21(4)24(27)30-31(8,9)26(5,6)7/h18-19,21-23H,10-17,20H2,1-9H3/b19-18+/t21-,22-,23-/m0/s1. The van der Waals surface area contributed by atoms with Crippen LogP contribution in [-0.2, 0) is 18.8 Å².